The first-order valence-electron chi connectivity index (χ1n) is 5.24. The third-order valence-electron chi connectivity index (χ3n) is 1.90. The van der Waals surface area contributed by atoms with Crippen LogP contribution in [0.25, 0.3) is 0 Å². The predicted octanol–water partition coefficient (Wildman–Crippen LogP) is 2.57. The number of hydrogen-bond donors (Lipinski definition) is 1. The van der Waals surface area contributed by atoms with Crippen LogP contribution in [0.4, 0.5) is 10.5 Å². The van der Waals surface area contributed by atoms with E-state index >= 15 is 0 Å². The summed E-state index contributed by atoms with van der Waals surface area (Å²) in [5.41, 5.74) is 0.690. The number of para-hydroxylation sites is 2. The molecule has 1 aromatic rings. The Labute approximate surface area is 96.2 Å². The molecule has 0 aliphatic carbocycles. The normalized spacial score (nSPS) is 10.1. The highest BCUT2D eigenvalue weighted by Gasteiger charge is 2.09. The Hall–Kier alpha value is -1.71. The fraction of sp³-hybridized carbons (Fsp3) is 0.417. The van der Waals surface area contributed by atoms with E-state index in [9.17, 15) is 4.79 Å². The smallest absolute Gasteiger partial charge is 0.321 e. The van der Waals surface area contributed by atoms with Gasteiger partial charge in [-0.3, -0.25) is 0 Å². The van der Waals surface area contributed by atoms with E-state index in [1.54, 1.807) is 14.1 Å². The van der Waals surface area contributed by atoms with Gasteiger partial charge in [-0.1, -0.05) is 12.1 Å². The van der Waals surface area contributed by atoms with Gasteiger partial charge in [0.05, 0.1) is 11.8 Å². The molecule has 0 aliphatic rings. The summed E-state index contributed by atoms with van der Waals surface area (Å²) in [5.74, 6) is 0.688. The Morgan fingerprint density at radius 3 is 2.50 bits per heavy atom. The van der Waals surface area contributed by atoms with Gasteiger partial charge in [-0.25, -0.2) is 4.79 Å². The third kappa shape index (κ3) is 3.46. The van der Waals surface area contributed by atoms with Gasteiger partial charge in [0.15, 0.2) is 0 Å². The lowest BCUT2D eigenvalue weighted by Gasteiger charge is -2.16. The van der Waals surface area contributed by atoms with Gasteiger partial charge in [0.25, 0.3) is 0 Å². The number of carbonyl (C=O) groups excluding carboxylic acids is 1. The molecule has 0 heterocycles. The average molecular weight is 222 g/mol. The van der Waals surface area contributed by atoms with Crippen molar-refractivity contribution in [1.29, 1.82) is 0 Å². The molecular formula is C12H18N2O2. The minimum absolute atomic E-state index is 0.0809. The summed E-state index contributed by atoms with van der Waals surface area (Å²) in [6.07, 6.45) is 0.0809. The van der Waals surface area contributed by atoms with Crippen molar-refractivity contribution >= 4 is 11.7 Å². The lowest BCUT2D eigenvalue weighted by Crippen LogP contribution is -2.27. The summed E-state index contributed by atoms with van der Waals surface area (Å²) < 4.78 is 5.59. The van der Waals surface area contributed by atoms with Crippen LogP contribution in [0.3, 0.4) is 0 Å². The van der Waals surface area contributed by atoms with Crippen LogP contribution in [-0.2, 0) is 0 Å². The molecule has 1 N–H and O–H groups in total. The Kier molecular flexibility index (Phi) is 4.17. The number of rotatable bonds is 3. The number of anilines is 1. The van der Waals surface area contributed by atoms with Crippen LogP contribution >= 0.6 is 0 Å². The highest BCUT2D eigenvalue weighted by atomic mass is 16.5. The van der Waals surface area contributed by atoms with E-state index in [1.807, 2.05) is 38.1 Å². The summed E-state index contributed by atoms with van der Waals surface area (Å²) in [6, 6.07) is 7.23. The minimum Gasteiger partial charge on any atom is -0.489 e. The molecule has 4 nitrogen and oxygen atoms in total. The maximum Gasteiger partial charge on any atom is 0.321 e. The Bertz CT molecular complexity index is 362. The molecule has 0 saturated heterocycles. The number of nitrogens with zero attached hydrogens (tertiary/aromatic N) is 1. The predicted molar refractivity (Wildman–Crippen MR) is 64.9 cm³/mol. The molecule has 16 heavy (non-hydrogen) atoms. The van der Waals surface area contributed by atoms with Crippen LogP contribution in [0, 0.1) is 0 Å². The first-order valence-corrected chi connectivity index (χ1v) is 5.24. The first kappa shape index (κ1) is 12.4. The van der Waals surface area contributed by atoms with E-state index in [2.05, 4.69) is 5.32 Å². The second-order valence-electron chi connectivity index (χ2n) is 3.99. The van der Waals surface area contributed by atoms with Gasteiger partial charge in [0, 0.05) is 14.1 Å². The average Bonchev–Trinajstić information content (AvgIpc) is 2.20. The lowest BCUT2D eigenvalue weighted by molar-refractivity contribution is 0.229. The van der Waals surface area contributed by atoms with E-state index in [4.69, 9.17) is 4.74 Å². The van der Waals surface area contributed by atoms with Crippen molar-refractivity contribution in [2.45, 2.75) is 20.0 Å². The van der Waals surface area contributed by atoms with Gasteiger partial charge < -0.3 is 15.0 Å². The first-order chi connectivity index (χ1) is 7.50. The van der Waals surface area contributed by atoms with Crippen LogP contribution < -0.4 is 10.1 Å². The quantitative estimate of drug-likeness (QED) is 0.854. The van der Waals surface area contributed by atoms with Crippen molar-refractivity contribution in [1.82, 2.24) is 4.90 Å². The van der Waals surface area contributed by atoms with Gasteiger partial charge >= 0.3 is 6.03 Å². The van der Waals surface area contributed by atoms with Crippen molar-refractivity contribution in [2.75, 3.05) is 19.4 Å². The molecule has 0 aromatic heterocycles. The summed E-state index contributed by atoms with van der Waals surface area (Å²) in [7, 11) is 3.39. The Balaban J connectivity index is 2.82. The van der Waals surface area contributed by atoms with Gasteiger partial charge in [-0.05, 0) is 26.0 Å². The molecule has 1 rings (SSSR count). The number of hydrogen-bond acceptors (Lipinski definition) is 2. The molecule has 0 atom stereocenters. The summed E-state index contributed by atoms with van der Waals surface area (Å²) in [4.78, 5) is 13.0. The van der Waals surface area contributed by atoms with Crippen molar-refractivity contribution < 1.29 is 9.53 Å². The minimum atomic E-state index is -0.167. The molecule has 0 aliphatic heterocycles. The van der Waals surface area contributed by atoms with Crippen molar-refractivity contribution in [3.63, 3.8) is 0 Å². The van der Waals surface area contributed by atoms with Crippen LogP contribution in [0.2, 0.25) is 0 Å². The Morgan fingerprint density at radius 1 is 1.31 bits per heavy atom. The maximum absolute atomic E-state index is 11.5. The Morgan fingerprint density at radius 2 is 1.94 bits per heavy atom. The lowest BCUT2D eigenvalue weighted by atomic mass is 10.3. The molecule has 0 saturated carbocycles. The molecule has 88 valence electrons. The number of urea groups is 1. The van der Waals surface area contributed by atoms with Crippen LogP contribution in [0.5, 0.6) is 5.75 Å². The zero-order chi connectivity index (χ0) is 12.1. The summed E-state index contributed by atoms with van der Waals surface area (Å²) in [5, 5.41) is 2.78. The van der Waals surface area contributed by atoms with Crippen LogP contribution in [0.15, 0.2) is 24.3 Å². The third-order valence-corrected chi connectivity index (χ3v) is 1.90. The molecule has 0 radical (unpaired) electrons. The molecule has 2 amide bonds. The number of benzene rings is 1. The van der Waals surface area contributed by atoms with Crippen LogP contribution in [-0.4, -0.2) is 31.1 Å². The number of carbonyl (C=O) groups is 1. The number of ether oxygens (including phenoxy) is 1. The topological polar surface area (TPSA) is 41.6 Å². The van der Waals surface area contributed by atoms with Gasteiger partial charge in [-0.2, -0.15) is 0 Å². The fourth-order valence-corrected chi connectivity index (χ4v) is 1.15. The van der Waals surface area contributed by atoms with Crippen molar-refractivity contribution in [3.8, 4) is 5.75 Å². The SMILES string of the molecule is CC(C)Oc1ccccc1NC(=O)N(C)C. The standard InChI is InChI=1S/C12H18N2O2/c1-9(2)16-11-8-6-5-7-10(11)13-12(15)14(3)4/h5-9H,1-4H3,(H,13,15). The summed E-state index contributed by atoms with van der Waals surface area (Å²) >= 11 is 0. The molecule has 0 fully saturated rings. The highest BCUT2D eigenvalue weighted by molar-refractivity contribution is 5.90. The zero-order valence-electron chi connectivity index (χ0n) is 10.2. The van der Waals surface area contributed by atoms with Crippen molar-refractivity contribution in [3.05, 3.63) is 24.3 Å². The number of nitrogens with one attached hydrogen (secondary N) is 1. The molecule has 0 bridgehead atoms. The molecule has 0 spiro atoms. The van der Waals surface area contributed by atoms with Gasteiger partial charge in [0.2, 0.25) is 0 Å². The molecule has 4 heteroatoms. The van der Waals surface area contributed by atoms with E-state index in [1.165, 1.54) is 4.90 Å². The summed E-state index contributed by atoms with van der Waals surface area (Å²) in [6.45, 7) is 3.90. The monoisotopic (exact) mass is 222 g/mol. The van der Waals surface area contributed by atoms with Crippen LogP contribution in [0.1, 0.15) is 13.8 Å². The van der Waals surface area contributed by atoms with Gasteiger partial charge in [0.1, 0.15) is 5.75 Å². The van der Waals surface area contributed by atoms with Gasteiger partial charge in [-0.15, -0.1) is 0 Å². The van der Waals surface area contributed by atoms with E-state index < -0.39 is 0 Å². The second kappa shape index (κ2) is 5.39. The van der Waals surface area contributed by atoms with E-state index in [0.29, 0.717) is 11.4 Å². The maximum atomic E-state index is 11.5. The molecule has 0 unspecified atom stereocenters. The van der Waals surface area contributed by atoms with E-state index in [0.717, 1.165) is 0 Å². The zero-order valence-corrected chi connectivity index (χ0v) is 10.2. The molecule has 1 aromatic carbocycles. The largest absolute Gasteiger partial charge is 0.489 e. The second-order valence-corrected chi connectivity index (χ2v) is 3.99. The fourth-order valence-electron chi connectivity index (χ4n) is 1.15. The van der Waals surface area contributed by atoms with Crippen molar-refractivity contribution in [2.24, 2.45) is 0 Å². The highest BCUT2D eigenvalue weighted by Crippen LogP contribution is 2.24. The number of amides is 2. The van der Waals surface area contributed by atoms with E-state index in [-0.39, 0.29) is 12.1 Å². The molecular weight excluding hydrogens is 204 g/mol.